The number of aromatic nitrogens is 5. The molecule has 1 aromatic carbocycles. The van der Waals surface area contributed by atoms with Gasteiger partial charge in [-0.1, -0.05) is 18.2 Å². The quantitative estimate of drug-likeness (QED) is 0.571. The summed E-state index contributed by atoms with van der Waals surface area (Å²) in [4.78, 5) is 17.3. The van der Waals surface area contributed by atoms with Crippen LogP contribution in [0.4, 0.5) is 0 Å². The molecule has 4 rings (SSSR count). The normalized spacial score (nSPS) is 10.6. The first-order valence-corrected chi connectivity index (χ1v) is 7.79. The van der Waals surface area contributed by atoms with Gasteiger partial charge in [0.2, 0.25) is 0 Å². The minimum Gasteiger partial charge on any atom is -0.424 e. The Morgan fingerprint density at radius 1 is 0.880 bits per heavy atom. The molecule has 0 amide bonds. The lowest BCUT2D eigenvalue weighted by molar-refractivity contribution is 0.442. The first-order chi connectivity index (χ1) is 12.3. The van der Waals surface area contributed by atoms with E-state index < -0.39 is 0 Å². The molecule has 122 valence electrons. The summed E-state index contributed by atoms with van der Waals surface area (Å²) >= 11 is 0. The van der Waals surface area contributed by atoms with E-state index in [0.29, 0.717) is 11.8 Å². The van der Waals surface area contributed by atoms with Crippen LogP contribution in [0.15, 0.2) is 73.4 Å². The zero-order chi connectivity index (χ0) is 17.1. The fourth-order valence-corrected chi connectivity index (χ4v) is 2.46. The Labute approximate surface area is 144 Å². The van der Waals surface area contributed by atoms with Gasteiger partial charge in [-0.3, -0.25) is 4.98 Å². The van der Waals surface area contributed by atoms with Gasteiger partial charge >= 0.3 is 6.01 Å². The van der Waals surface area contributed by atoms with Gasteiger partial charge in [-0.2, -0.15) is 0 Å². The molecule has 0 aliphatic carbocycles. The van der Waals surface area contributed by atoms with E-state index in [4.69, 9.17) is 4.74 Å². The Kier molecular flexibility index (Phi) is 3.92. The Morgan fingerprint density at radius 2 is 1.68 bits per heavy atom. The van der Waals surface area contributed by atoms with Crippen molar-refractivity contribution >= 4 is 0 Å². The van der Waals surface area contributed by atoms with Crippen LogP contribution in [-0.2, 0) is 7.05 Å². The molecule has 6 heteroatoms. The lowest BCUT2D eigenvalue weighted by Crippen LogP contribution is -1.92. The van der Waals surface area contributed by atoms with Crippen molar-refractivity contribution in [3.63, 3.8) is 0 Å². The number of rotatable bonds is 4. The van der Waals surface area contributed by atoms with E-state index in [2.05, 4.69) is 19.9 Å². The van der Waals surface area contributed by atoms with Crippen LogP contribution in [-0.4, -0.2) is 24.5 Å². The monoisotopic (exact) mass is 329 g/mol. The zero-order valence-electron chi connectivity index (χ0n) is 13.6. The average Bonchev–Trinajstić information content (AvgIpc) is 3.06. The van der Waals surface area contributed by atoms with Crippen molar-refractivity contribution in [3.8, 4) is 34.4 Å². The van der Waals surface area contributed by atoms with Crippen molar-refractivity contribution < 1.29 is 4.74 Å². The van der Waals surface area contributed by atoms with Gasteiger partial charge in [-0.05, 0) is 24.3 Å². The van der Waals surface area contributed by atoms with Crippen molar-refractivity contribution in [1.82, 2.24) is 24.5 Å². The van der Waals surface area contributed by atoms with Crippen LogP contribution in [0.25, 0.3) is 22.6 Å². The number of aryl methyl sites for hydroxylation is 1. The van der Waals surface area contributed by atoms with Gasteiger partial charge in [-0.25, -0.2) is 15.0 Å². The van der Waals surface area contributed by atoms with Gasteiger partial charge in [-0.15, -0.1) is 0 Å². The summed E-state index contributed by atoms with van der Waals surface area (Å²) < 4.78 is 7.57. The number of benzene rings is 1. The third-order valence-electron chi connectivity index (χ3n) is 3.67. The third kappa shape index (κ3) is 3.23. The fourth-order valence-electron chi connectivity index (χ4n) is 2.46. The second-order valence-electron chi connectivity index (χ2n) is 5.47. The van der Waals surface area contributed by atoms with Crippen LogP contribution in [0.3, 0.4) is 0 Å². The second kappa shape index (κ2) is 6.52. The molecule has 0 radical (unpaired) electrons. The van der Waals surface area contributed by atoms with Gasteiger partial charge in [0.05, 0.1) is 5.69 Å². The molecule has 0 spiro atoms. The van der Waals surface area contributed by atoms with Gasteiger partial charge < -0.3 is 9.30 Å². The summed E-state index contributed by atoms with van der Waals surface area (Å²) in [6.45, 7) is 0. The van der Waals surface area contributed by atoms with E-state index >= 15 is 0 Å². The molecule has 0 saturated heterocycles. The number of pyridine rings is 1. The van der Waals surface area contributed by atoms with Gasteiger partial charge in [0.1, 0.15) is 11.6 Å². The first kappa shape index (κ1) is 15.0. The molecule has 0 aliphatic rings. The minimum atomic E-state index is 0.304. The van der Waals surface area contributed by atoms with E-state index in [9.17, 15) is 0 Å². The number of ether oxygens (including phenoxy) is 1. The minimum absolute atomic E-state index is 0.304. The zero-order valence-corrected chi connectivity index (χ0v) is 13.6. The van der Waals surface area contributed by atoms with Gasteiger partial charge in [0, 0.05) is 49.2 Å². The average molecular weight is 329 g/mol. The number of hydrogen-bond acceptors (Lipinski definition) is 5. The molecule has 0 N–H and O–H groups in total. The highest BCUT2D eigenvalue weighted by atomic mass is 16.5. The van der Waals surface area contributed by atoms with Gasteiger partial charge in [0.25, 0.3) is 0 Å². The van der Waals surface area contributed by atoms with Crippen LogP contribution in [0.1, 0.15) is 0 Å². The summed E-state index contributed by atoms with van der Waals surface area (Å²) in [5.74, 6) is 1.54. The number of imidazole rings is 1. The molecule has 3 heterocycles. The third-order valence-corrected chi connectivity index (χ3v) is 3.67. The second-order valence-corrected chi connectivity index (χ2v) is 5.47. The molecular weight excluding hydrogens is 314 g/mol. The number of hydrogen-bond donors (Lipinski definition) is 0. The van der Waals surface area contributed by atoms with Gasteiger partial charge in [0.15, 0.2) is 0 Å². The fraction of sp³-hybridized carbons (Fsp3) is 0.0526. The van der Waals surface area contributed by atoms with Crippen LogP contribution in [0, 0.1) is 0 Å². The molecule has 0 atom stereocenters. The lowest BCUT2D eigenvalue weighted by Gasteiger charge is -2.03. The molecule has 25 heavy (non-hydrogen) atoms. The summed E-state index contributed by atoms with van der Waals surface area (Å²) in [6.07, 6.45) is 8.89. The summed E-state index contributed by atoms with van der Waals surface area (Å²) in [6, 6.07) is 13.6. The Hall–Kier alpha value is -3.54. The summed E-state index contributed by atoms with van der Waals surface area (Å²) in [5.41, 5.74) is 2.58. The SMILES string of the molecule is Cn1cc(-c2cnc(Oc3ccccc3)nc2)nc1-c1cccnc1. The molecule has 6 nitrogen and oxygen atoms in total. The smallest absolute Gasteiger partial charge is 0.321 e. The lowest BCUT2D eigenvalue weighted by atomic mass is 10.2. The van der Waals surface area contributed by atoms with Crippen LogP contribution in [0.2, 0.25) is 0 Å². The highest BCUT2D eigenvalue weighted by Gasteiger charge is 2.10. The predicted molar refractivity (Wildman–Crippen MR) is 94.0 cm³/mol. The van der Waals surface area contributed by atoms with Crippen molar-refractivity contribution in [1.29, 1.82) is 0 Å². The van der Waals surface area contributed by atoms with Crippen LogP contribution in [0.5, 0.6) is 11.8 Å². The van der Waals surface area contributed by atoms with Crippen LogP contribution < -0.4 is 4.74 Å². The topological polar surface area (TPSA) is 65.7 Å². The Bertz CT molecular complexity index is 966. The maximum atomic E-state index is 5.61. The summed E-state index contributed by atoms with van der Waals surface area (Å²) in [5, 5.41) is 0. The number of nitrogens with zero attached hydrogens (tertiary/aromatic N) is 5. The molecule has 0 saturated carbocycles. The summed E-state index contributed by atoms with van der Waals surface area (Å²) in [7, 11) is 1.95. The van der Waals surface area contributed by atoms with E-state index in [1.54, 1.807) is 24.8 Å². The first-order valence-electron chi connectivity index (χ1n) is 7.79. The highest BCUT2D eigenvalue weighted by molar-refractivity contribution is 5.63. The maximum Gasteiger partial charge on any atom is 0.321 e. The predicted octanol–water partition coefficient (Wildman–Crippen LogP) is 3.73. The van der Waals surface area contributed by atoms with E-state index in [-0.39, 0.29) is 0 Å². The Morgan fingerprint density at radius 3 is 2.40 bits per heavy atom. The Balaban J connectivity index is 1.58. The highest BCUT2D eigenvalue weighted by Crippen LogP contribution is 2.24. The van der Waals surface area contributed by atoms with E-state index in [0.717, 1.165) is 22.6 Å². The molecular formula is C19H15N5O. The van der Waals surface area contributed by atoms with Crippen molar-refractivity contribution in [2.45, 2.75) is 0 Å². The standard InChI is InChI=1S/C19H15N5O/c1-24-13-17(23-18(24)14-6-5-9-20-10-14)15-11-21-19(22-12-15)25-16-7-3-2-4-8-16/h2-13H,1H3. The maximum absolute atomic E-state index is 5.61. The molecule has 4 aromatic rings. The molecule has 0 aliphatic heterocycles. The van der Waals surface area contributed by atoms with E-state index in [1.165, 1.54) is 0 Å². The molecule has 0 unspecified atom stereocenters. The van der Waals surface area contributed by atoms with E-state index in [1.807, 2.05) is 60.3 Å². The van der Waals surface area contributed by atoms with Crippen molar-refractivity contribution in [2.24, 2.45) is 7.05 Å². The van der Waals surface area contributed by atoms with Crippen LogP contribution >= 0.6 is 0 Å². The largest absolute Gasteiger partial charge is 0.424 e. The van der Waals surface area contributed by atoms with Crippen molar-refractivity contribution in [3.05, 3.63) is 73.4 Å². The van der Waals surface area contributed by atoms with Crippen molar-refractivity contribution in [2.75, 3.05) is 0 Å². The molecule has 3 aromatic heterocycles. The molecule has 0 bridgehead atoms. The molecule has 0 fully saturated rings. The number of para-hydroxylation sites is 1.